The third-order valence-electron chi connectivity index (χ3n) is 2.84. The summed E-state index contributed by atoms with van der Waals surface area (Å²) >= 11 is 3.46. The summed E-state index contributed by atoms with van der Waals surface area (Å²) in [6.07, 6.45) is 4.11. The van der Waals surface area contributed by atoms with Crippen LogP contribution in [0.25, 0.3) is 0 Å². The van der Waals surface area contributed by atoms with Crippen LogP contribution in [0.15, 0.2) is 16.7 Å². The predicted molar refractivity (Wildman–Crippen MR) is 77.3 cm³/mol. The largest absolute Gasteiger partial charge is 0.314 e. The summed E-state index contributed by atoms with van der Waals surface area (Å²) in [5.41, 5.74) is 2.48. The van der Waals surface area contributed by atoms with Crippen molar-refractivity contribution in [2.45, 2.75) is 46.6 Å². The van der Waals surface area contributed by atoms with Gasteiger partial charge in [0.05, 0.1) is 0 Å². The fraction of sp³-hybridized carbons (Fsp3) is 0.643. The van der Waals surface area contributed by atoms with Crippen molar-refractivity contribution in [3.05, 3.63) is 28.0 Å². The number of nitrogens with zero attached hydrogens (tertiary/aromatic N) is 1. The second-order valence-electron chi connectivity index (χ2n) is 5.01. The van der Waals surface area contributed by atoms with Crippen molar-refractivity contribution in [1.29, 1.82) is 0 Å². The molecular formula is C14H23BrN2. The Morgan fingerprint density at radius 3 is 2.65 bits per heavy atom. The molecule has 1 N–H and O–H groups in total. The molecule has 0 bridgehead atoms. The van der Waals surface area contributed by atoms with Gasteiger partial charge in [0.2, 0.25) is 0 Å². The monoisotopic (exact) mass is 298 g/mol. The SMILES string of the molecule is CCNC(Cc1ncc(Br)cc1C)CC(C)C. The van der Waals surface area contributed by atoms with Gasteiger partial charge in [-0.15, -0.1) is 0 Å². The van der Waals surface area contributed by atoms with E-state index < -0.39 is 0 Å². The molecule has 0 spiro atoms. The Balaban J connectivity index is 2.71. The lowest BCUT2D eigenvalue weighted by Crippen LogP contribution is -2.32. The van der Waals surface area contributed by atoms with Crippen molar-refractivity contribution in [1.82, 2.24) is 10.3 Å². The molecule has 1 aromatic rings. The van der Waals surface area contributed by atoms with Crippen molar-refractivity contribution in [3.63, 3.8) is 0 Å². The number of rotatable bonds is 6. The minimum Gasteiger partial charge on any atom is -0.314 e. The molecule has 1 heterocycles. The van der Waals surface area contributed by atoms with E-state index in [-0.39, 0.29) is 0 Å². The maximum Gasteiger partial charge on any atom is 0.0449 e. The lowest BCUT2D eigenvalue weighted by atomic mass is 9.98. The van der Waals surface area contributed by atoms with Gasteiger partial charge in [-0.3, -0.25) is 4.98 Å². The molecule has 2 nitrogen and oxygen atoms in total. The van der Waals surface area contributed by atoms with Gasteiger partial charge in [-0.1, -0.05) is 20.8 Å². The topological polar surface area (TPSA) is 24.9 Å². The zero-order valence-electron chi connectivity index (χ0n) is 11.3. The Morgan fingerprint density at radius 1 is 1.41 bits per heavy atom. The highest BCUT2D eigenvalue weighted by atomic mass is 79.9. The van der Waals surface area contributed by atoms with Gasteiger partial charge in [0.15, 0.2) is 0 Å². The quantitative estimate of drug-likeness (QED) is 0.866. The van der Waals surface area contributed by atoms with Gasteiger partial charge in [0.25, 0.3) is 0 Å². The number of hydrogen-bond acceptors (Lipinski definition) is 2. The van der Waals surface area contributed by atoms with Crippen molar-refractivity contribution in [2.24, 2.45) is 5.92 Å². The highest BCUT2D eigenvalue weighted by Gasteiger charge is 2.12. The van der Waals surface area contributed by atoms with E-state index >= 15 is 0 Å². The third-order valence-corrected chi connectivity index (χ3v) is 3.28. The fourth-order valence-electron chi connectivity index (χ4n) is 2.11. The molecule has 0 aromatic carbocycles. The molecule has 1 aromatic heterocycles. The van der Waals surface area contributed by atoms with Gasteiger partial charge >= 0.3 is 0 Å². The third kappa shape index (κ3) is 5.17. The highest BCUT2D eigenvalue weighted by molar-refractivity contribution is 9.10. The number of nitrogens with one attached hydrogen (secondary N) is 1. The molecule has 0 aliphatic rings. The number of aromatic nitrogens is 1. The lowest BCUT2D eigenvalue weighted by molar-refractivity contribution is 0.420. The number of halogens is 1. The second kappa shape index (κ2) is 7.12. The van der Waals surface area contributed by atoms with Gasteiger partial charge in [-0.2, -0.15) is 0 Å². The number of hydrogen-bond donors (Lipinski definition) is 1. The standard InChI is InChI=1S/C14H23BrN2/c1-5-16-13(6-10(2)3)8-14-11(4)7-12(15)9-17-14/h7,9-10,13,16H,5-6,8H2,1-4H3. The Hall–Kier alpha value is -0.410. The summed E-state index contributed by atoms with van der Waals surface area (Å²) in [5, 5.41) is 3.55. The number of pyridine rings is 1. The Kier molecular flexibility index (Phi) is 6.14. The normalized spacial score (nSPS) is 13.1. The van der Waals surface area contributed by atoms with Gasteiger partial charge in [0.1, 0.15) is 0 Å². The molecule has 0 saturated carbocycles. The van der Waals surface area contributed by atoms with Crippen LogP contribution in [0, 0.1) is 12.8 Å². The first-order chi connectivity index (χ1) is 8.02. The van der Waals surface area contributed by atoms with E-state index in [4.69, 9.17) is 0 Å². The van der Waals surface area contributed by atoms with E-state index in [2.05, 4.69) is 60.0 Å². The van der Waals surface area contributed by atoms with Crippen LogP contribution in [0.3, 0.4) is 0 Å². The number of aryl methyl sites for hydroxylation is 1. The summed E-state index contributed by atoms with van der Waals surface area (Å²) in [6.45, 7) is 9.85. The molecule has 1 atom stereocenters. The van der Waals surface area contributed by atoms with E-state index in [0.29, 0.717) is 6.04 Å². The molecule has 1 unspecified atom stereocenters. The van der Waals surface area contributed by atoms with Crippen molar-refractivity contribution < 1.29 is 0 Å². The molecule has 0 aliphatic carbocycles. The first-order valence-electron chi connectivity index (χ1n) is 6.37. The molecule has 0 aliphatic heterocycles. The average molecular weight is 299 g/mol. The molecule has 0 fully saturated rings. The molecule has 1 rings (SSSR count). The van der Waals surface area contributed by atoms with Crippen LogP contribution in [0.4, 0.5) is 0 Å². The molecule has 3 heteroatoms. The maximum absolute atomic E-state index is 4.52. The zero-order valence-corrected chi connectivity index (χ0v) is 12.8. The van der Waals surface area contributed by atoms with E-state index in [1.807, 2.05) is 6.20 Å². The summed E-state index contributed by atoms with van der Waals surface area (Å²) < 4.78 is 1.06. The number of likely N-dealkylation sites (N-methyl/N-ethyl adjacent to an activating group) is 1. The van der Waals surface area contributed by atoms with Crippen molar-refractivity contribution in [3.8, 4) is 0 Å². The van der Waals surface area contributed by atoms with E-state index in [9.17, 15) is 0 Å². The van der Waals surface area contributed by atoms with Crippen LogP contribution in [0.5, 0.6) is 0 Å². The zero-order chi connectivity index (χ0) is 12.8. The van der Waals surface area contributed by atoms with Crippen molar-refractivity contribution in [2.75, 3.05) is 6.54 Å². The minimum atomic E-state index is 0.535. The molecule has 0 saturated heterocycles. The van der Waals surface area contributed by atoms with E-state index in [1.54, 1.807) is 0 Å². The highest BCUT2D eigenvalue weighted by Crippen LogP contribution is 2.16. The Morgan fingerprint density at radius 2 is 2.12 bits per heavy atom. The molecule has 0 radical (unpaired) electrons. The van der Waals surface area contributed by atoms with Crippen LogP contribution in [0.1, 0.15) is 38.4 Å². The maximum atomic E-state index is 4.52. The second-order valence-corrected chi connectivity index (χ2v) is 5.92. The molecule has 17 heavy (non-hydrogen) atoms. The Labute approximate surface area is 113 Å². The summed E-state index contributed by atoms with van der Waals surface area (Å²) in [7, 11) is 0. The van der Waals surface area contributed by atoms with Crippen LogP contribution < -0.4 is 5.32 Å². The van der Waals surface area contributed by atoms with Gasteiger partial charge in [0, 0.05) is 28.8 Å². The average Bonchev–Trinajstić information content (AvgIpc) is 2.21. The molecule has 96 valence electrons. The molecule has 0 amide bonds. The van der Waals surface area contributed by atoms with Crippen LogP contribution in [-0.4, -0.2) is 17.6 Å². The minimum absolute atomic E-state index is 0.535. The predicted octanol–water partition coefficient (Wildman–Crippen LogP) is 3.72. The van der Waals surface area contributed by atoms with E-state index in [0.717, 1.165) is 23.4 Å². The van der Waals surface area contributed by atoms with Gasteiger partial charge < -0.3 is 5.32 Å². The summed E-state index contributed by atoms with van der Waals surface area (Å²) in [4.78, 5) is 4.52. The van der Waals surface area contributed by atoms with Gasteiger partial charge in [-0.05, 0) is 53.4 Å². The fourth-order valence-corrected chi connectivity index (χ4v) is 2.56. The molecular weight excluding hydrogens is 276 g/mol. The van der Waals surface area contributed by atoms with Crippen LogP contribution in [0.2, 0.25) is 0 Å². The first kappa shape index (κ1) is 14.7. The van der Waals surface area contributed by atoms with Crippen LogP contribution >= 0.6 is 15.9 Å². The van der Waals surface area contributed by atoms with Crippen LogP contribution in [-0.2, 0) is 6.42 Å². The first-order valence-corrected chi connectivity index (χ1v) is 7.16. The van der Waals surface area contributed by atoms with Gasteiger partial charge in [-0.25, -0.2) is 0 Å². The lowest BCUT2D eigenvalue weighted by Gasteiger charge is -2.20. The van der Waals surface area contributed by atoms with E-state index in [1.165, 1.54) is 17.7 Å². The smallest absolute Gasteiger partial charge is 0.0449 e. The summed E-state index contributed by atoms with van der Waals surface area (Å²) in [5.74, 6) is 0.717. The summed E-state index contributed by atoms with van der Waals surface area (Å²) in [6, 6.07) is 2.67. The Bertz CT molecular complexity index is 350. The van der Waals surface area contributed by atoms with Crippen molar-refractivity contribution >= 4 is 15.9 Å².